The molecule has 8 aromatic rings. The van der Waals surface area contributed by atoms with Gasteiger partial charge in [0.25, 0.3) is 5.78 Å². The van der Waals surface area contributed by atoms with Crippen LogP contribution in [0.3, 0.4) is 0 Å². The summed E-state index contributed by atoms with van der Waals surface area (Å²) in [6.07, 6.45) is -5.29. The van der Waals surface area contributed by atoms with E-state index in [4.69, 9.17) is 4.74 Å². The largest absolute Gasteiger partial charge is 0.506 e. The second-order valence-corrected chi connectivity index (χ2v) is 21.1. The van der Waals surface area contributed by atoms with Crippen molar-refractivity contribution in [1.29, 1.82) is 0 Å². The number of rotatable bonds is 8. The van der Waals surface area contributed by atoms with E-state index in [9.17, 15) is 37.0 Å². The third-order valence-electron chi connectivity index (χ3n) is 11.3. The first-order chi connectivity index (χ1) is 31.3. The van der Waals surface area contributed by atoms with Gasteiger partial charge in [-0.1, -0.05) is 146 Å². The number of ether oxygens (including phenoxy) is 1. The van der Waals surface area contributed by atoms with Gasteiger partial charge in [-0.3, -0.25) is 4.79 Å². The fraction of sp³-hybridized carbons (Fsp3) is 0.148. The van der Waals surface area contributed by atoms with Gasteiger partial charge in [0.1, 0.15) is 17.1 Å². The average molecular weight is 1080 g/mol. The molecular formula is C54H49EuF3O7P2. The number of fused-ring (bicyclic) bond motifs is 1. The Labute approximate surface area is 429 Å². The van der Waals surface area contributed by atoms with Crippen LogP contribution >= 0.6 is 14.3 Å². The summed E-state index contributed by atoms with van der Waals surface area (Å²) in [4.78, 5) is 22.6. The van der Waals surface area contributed by atoms with Crippen LogP contribution in [0.2, 0.25) is 0 Å². The molecule has 1 heterocycles. The van der Waals surface area contributed by atoms with E-state index in [2.05, 4.69) is 4.42 Å². The standard InChI is InChI=1S/2C21H21OP.C12H7F3O5.Eu/c2*1-16-10-4-7-13-19(16)23(22,20-14-8-5-11-17(20)2)21-15-9-6-12-18(21)3;1-19-5-2-3-6-7(4-5)20-11(18)8(9(6)16)10(17)12(13,14)15;/h2*4-15H,1-3H3;2-4,16H,1H3;. The summed E-state index contributed by atoms with van der Waals surface area (Å²) >= 11 is 0. The van der Waals surface area contributed by atoms with Crippen molar-refractivity contribution in [2.45, 2.75) is 47.7 Å². The maximum Gasteiger partial charge on any atom is 0.455 e. The van der Waals surface area contributed by atoms with E-state index in [1.807, 2.05) is 187 Å². The molecule has 0 aliphatic heterocycles. The number of hydrogen-bond acceptors (Lipinski definition) is 7. The Morgan fingerprint density at radius 1 is 0.522 bits per heavy atom. The molecule has 0 bridgehead atoms. The number of alkyl halides is 3. The van der Waals surface area contributed by atoms with Crippen LogP contribution in [-0.4, -0.2) is 24.2 Å². The van der Waals surface area contributed by atoms with Crippen LogP contribution in [0.15, 0.2) is 173 Å². The van der Waals surface area contributed by atoms with Gasteiger partial charge in [0.15, 0.2) is 19.8 Å². The number of aromatic hydroxyl groups is 1. The number of benzene rings is 7. The zero-order valence-electron chi connectivity index (χ0n) is 37.9. The van der Waals surface area contributed by atoms with E-state index in [0.717, 1.165) is 65.2 Å². The molecule has 13 heteroatoms. The first-order valence-corrected chi connectivity index (χ1v) is 24.3. The minimum Gasteiger partial charge on any atom is -0.506 e. The Bertz CT molecular complexity index is 2850. The molecule has 1 N–H and O–H groups in total. The molecule has 0 spiro atoms. The molecule has 0 aliphatic carbocycles. The van der Waals surface area contributed by atoms with Crippen LogP contribution in [-0.2, 0) is 9.13 Å². The van der Waals surface area contributed by atoms with Crippen molar-refractivity contribution in [1.82, 2.24) is 0 Å². The van der Waals surface area contributed by atoms with Crippen LogP contribution in [0.1, 0.15) is 43.7 Å². The molecule has 1 aromatic heterocycles. The number of carbonyl (C=O) groups excluding carboxylic acids is 1. The van der Waals surface area contributed by atoms with E-state index in [-0.39, 0.29) is 66.1 Å². The zero-order chi connectivity index (χ0) is 48.0. The van der Waals surface area contributed by atoms with E-state index < -0.39 is 43.2 Å². The molecule has 8 rings (SSSR count). The van der Waals surface area contributed by atoms with E-state index >= 15 is 0 Å². The minimum absolute atomic E-state index is 0. The summed E-state index contributed by atoms with van der Waals surface area (Å²) in [5.74, 6) is -3.25. The summed E-state index contributed by atoms with van der Waals surface area (Å²) in [6.45, 7) is 12.2. The molecule has 7 nitrogen and oxygen atoms in total. The third kappa shape index (κ3) is 11.1. The number of methoxy groups -OCH3 is 1. The predicted molar refractivity (Wildman–Crippen MR) is 261 cm³/mol. The number of hydrogen-bond donors (Lipinski definition) is 1. The Morgan fingerprint density at radius 3 is 1.06 bits per heavy atom. The molecule has 0 atom stereocenters. The maximum absolute atomic E-state index is 14.5. The number of halogens is 3. The van der Waals surface area contributed by atoms with Crippen molar-refractivity contribution < 1.29 is 90.7 Å². The Kier molecular flexibility index (Phi) is 17.6. The van der Waals surface area contributed by atoms with E-state index in [1.165, 1.54) is 25.3 Å². The second kappa shape index (κ2) is 22.3. The predicted octanol–water partition coefficient (Wildman–Crippen LogP) is 10.8. The van der Waals surface area contributed by atoms with Gasteiger partial charge in [0.05, 0.1) is 12.5 Å². The van der Waals surface area contributed by atoms with Gasteiger partial charge in [0, 0.05) is 87.3 Å². The van der Waals surface area contributed by atoms with Crippen molar-refractivity contribution in [3.05, 3.63) is 213 Å². The van der Waals surface area contributed by atoms with Gasteiger partial charge in [-0.05, 0) is 87.1 Å². The molecule has 345 valence electrons. The van der Waals surface area contributed by atoms with Crippen LogP contribution in [0, 0.1) is 90.9 Å². The first kappa shape index (κ1) is 52.8. The molecule has 7 aromatic carbocycles. The van der Waals surface area contributed by atoms with Crippen molar-refractivity contribution in [3.63, 3.8) is 0 Å². The van der Waals surface area contributed by atoms with Gasteiger partial charge in [0.2, 0.25) is 0 Å². The van der Waals surface area contributed by atoms with Crippen LogP contribution in [0.5, 0.6) is 11.5 Å². The minimum atomic E-state index is -5.29. The normalized spacial score (nSPS) is 11.3. The molecule has 0 unspecified atom stereocenters. The fourth-order valence-electron chi connectivity index (χ4n) is 7.91. The van der Waals surface area contributed by atoms with Gasteiger partial charge in [-0.25, -0.2) is 4.79 Å². The van der Waals surface area contributed by atoms with Crippen molar-refractivity contribution in [2.24, 2.45) is 0 Å². The third-order valence-corrected chi connectivity index (χ3v) is 18.4. The van der Waals surface area contributed by atoms with Gasteiger partial charge in [-0.15, -0.1) is 0 Å². The van der Waals surface area contributed by atoms with Crippen molar-refractivity contribution >= 4 is 62.9 Å². The van der Waals surface area contributed by atoms with Gasteiger partial charge in [-0.2, -0.15) is 13.2 Å². The molecule has 1 radical (unpaired) electrons. The molecule has 0 amide bonds. The van der Waals surface area contributed by atoms with Crippen LogP contribution < -0.4 is 42.2 Å². The smallest absolute Gasteiger partial charge is 0.455 e. The van der Waals surface area contributed by atoms with Gasteiger partial charge >= 0.3 is 11.8 Å². The number of aryl methyl sites for hydroxylation is 6. The monoisotopic (exact) mass is 1080 g/mol. The number of ketones is 1. The molecule has 0 aliphatic rings. The Balaban J connectivity index is 0.000000187. The molecular weight excluding hydrogens is 1030 g/mol. The summed E-state index contributed by atoms with van der Waals surface area (Å²) in [5, 5.41) is 15.1. The van der Waals surface area contributed by atoms with Crippen LogP contribution in [0.4, 0.5) is 13.2 Å². The topological polar surface area (TPSA) is 111 Å². The van der Waals surface area contributed by atoms with Crippen molar-refractivity contribution in [2.75, 3.05) is 7.11 Å². The van der Waals surface area contributed by atoms with E-state index in [1.54, 1.807) is 0 Å². The summed E-state index contributed by atoms with van der Waals surface area (Å²) < 4.78 is 75.5. The molecule has 0 saturated heterocycles. The zero-order valence-corrected chi connectivity index (χ0v) is 42.1. The fourth-order valence-corrected chi connectivity index (χ4v) is 14.7. The summed E-state index contributed by atoms with van der Waals surface area (Å²) in [5.41, 5.74) is 3.24. The molecule has 67 heavy (non-hydrogen) atoms. The second-order valence-electron chi connectivity index (χ2n) is 15.7. The van der Waals surface area contributed by atoms with Crippen molar-refractivity contribution in [3.8, 4) is 11.5 Å². The van der Waals surface area contributed by atoms with Gasteiger partial charge < -0.3 is 23.4 Å². The van der Waals surface area contributed by atoms with E-state index in [0.29, 0.717) is 0 Å². The Hall–Kier alpha value is -5.15. The molecule has 0 saturated carbocycles. The van der Waals surface area contributed by atoms with Crippen LogP contribution in [0.25, 0.3) is 11.0 Å². The SMILES string of the molecule is COc1ccc2c(O)c(C(=O)C(F)(F)F)c(=O)oc2c1.Cc1ccccc1P(=O)(c1ccccc1C)c1ccccc1C.Cc1ccccc1P(=O)(c1ccccc1C)c1ccccc1C.[Eu]. The maximum atomic E-state index is 14.5. The average Bonchev–Trinajstić information content (AvgIpc) is 3.29. The number of Topliss-reactive ketones (excluding diaryl/α,β-unsaturated/α-hetero) is 1. The quantitative estimate of drug-likeness (QED) is 0.0917. The number of carbonyl (C=O) groups is 1. The molecule has 0 fully saturated rings. The summed E-state index contributed by atoms with van der Waals surface area (Å²) in [6, 6.07) is 51.9. The Morgan fingerprint density at radius 2 is 0.806 bits per heavy atom. The first-order valence-electron chi connectivity index (χ1n) is 20.9. The summed E-state index contributed by atoms with van der Waals surface area (Å²) in [7, 11) is -4.44.